The van der Waals surface area contributed by atoms with Crippen molar-refractivity contribution in [2.75, 3.05) is 13.1 Å². The molecule has 110 valence electrons. The maximum Gasteiger partial charge on any atom is 0.308 e. The highest BCUT2D eigenvalue weighted by Crippen LogP contribution is 2.17. The van der Waals surface area contributed by atoms with Crippen LogP contribution in [0.4, 0.5) is 0 Å². The number of rotatable bonds is 4. The number of hydrogen-bond acceptors (Lipinski definition) is 4. The summed E-state index contributed by atoms with van der Waals surface area (Å²) in [4.78, 5) is 37.1. The van der Waals surface area contributed by atoms with Gasteiger partial charge in [0.1, 0.15) is 0 Å². The van der Waals surface area contributed by atoms with E-state index in [0.29, 0.717) is 19.5 Å². The maximum absolute atomic E-state index is 12.0. The molecule has 0 bridgehead atoms. The minimum absolute atomic E-state index is 0.0439. The Kier molecular flexibility index (Phi) is 4.27. The van der Waals surface area contributed by atoms with Crippen LogP contribution in [0.15, 0.2) is 4.79 Å². The quantitative estimate of drug-likeness (QED) is 0.893. The summed E-state index contributed by atoms with van der Waals surface area (Å²) in [6, 6.07) is 0. The highest BCUT2D eigenvalue weighted by atomic mass is 32.1. The molecule has 1 aliphatic rings. The Morgan fingerprint density at radius 3 is 2.60 bits per heavy atom. The molecule has 0 spiro atoms. The fourth-order valence-corrected chi connectivity index (χ4v) is 3.26. The highest BCUT2D eigenvalue weighted by Gasteiger charge is 2.30. The number of carbonyl (C=O) groups excluding carboxylic acids is 1. The van der Waals surface area contributed by atoms with Gasteiger partial charge in [0.15, 0.2) is 0 Å². The van der Waals surface area contributed by atoms with Crippen LogP contribution in [0, 0.1) is 19.8 Å². The summed E-state index contributed by atoms with van der Waals surface area (Å²) in [5.74, 6) is -1.38. The van der Waals surface area contributed by atoms with Crippen molar-refractivity contribution >= 4 is 23.2 Å². The van der Waals surface area contributed by atoms with Gasteiger partial charge in [-0.05, 0) is 20.3 Å². The smallest absolute Gasteiger partial charge is 0.308 e. The number of aromatic nitrogens is 1. The average molecular weight is 298 g/mol. The summed E-state index contributed by atoms with van der Waals surface area (Å²) in [7, 11) is 0. The van der Waals surface area contributed by atoms with Crippen LogP contribution in [-0.4, -0.2) is 39.5 Å². The maximum atomic E-state index is 12.0. The molecule has 0 aromatic carbocycles. The first kappa shape index (κ1) is 14.8. The molecule has 1 amide bonds. The molecule has 20 heavy (non-hydrogen) atoms. The van der Waals surface area contributed by atoms with Crippen molar-refractivity contribution in [3.8, 4) is 0 Å². The summed E-state index contributed by atoms with van der Waals surface area (Å²) >= 11 is 1.19. The highest BCUT2D eigenvalue weighted by molar-refractivity contribution is 7.09. The van der Waals surface area contributed by atoms with Gasteiger partial charge in [-0.3, -0.25) is 14.4 Å². The van der Waals surface area contributed by atoms with Gasteiger partial charge in [-0.2, -0.15) is 0 Å². The third-order valence-corrected chi connectivity index (χ3v) is 4.81. The molecule has 6 nitrogen and oxygen atoms in total. The van der Waals surface area contributed by atoms with Crippen molar-refractivity contribution in [3.63, 3.8) is 0 Å². The van der Waals surface area contributed by atoms with Crippen molar-refractivity contribution in [2.45, 2.75) is 33.2 Å². The zero-order chi connectivity index (χ0) is 14.9. The van der Waals surface area contributed by atoms with E-state index >= 15 is 0 Å². The molecule has 1 aliphatic heterocycles. The van der Waals surface area contributed by atoms with Gasteiger partial charge in [-0.1, -0.05) is 11.3 Å². The SMILES string of the molecule is Cc1sc(=O)n(CCC(=O)N2CCC(C(=O)O)C2)c1C. The number of amides is 1. The van der Waals surface area contributed by atoms with E-state index in [1.54, 1.807) is 9.47 Å². The summed E-state index contributed by atoms with van der Waals surface area (Å²) < 4.78 is 1.61. The van der Waals surface area contributed by atoms with Crippen LogP contribution in [-0.2, 0) is 16.1 Å². The summed E-state index contributed by atoms with van der Waals surface area (Å²) in [5, 5.41) is 8.91. The van der Waals surface area contributed by atoms with E-state index in [9.17, 15) is 14.4 Å². The summed E-state index contributed by atoms with van der Waals surface area (Å²) in [6.07, 6.45) is 0.751. The standard InChI is InChI=1S/C13H18N2O4S/c1-8-9(2)20-13(19)15(8)6-4-11(16)14-5-3-10(7-14)12(17)18/h10H,3-7H2,1-2H3,(H,17,18). The lowest BCUT2D eigenvalue weighted by Crippen LogP contribution is -2.31. The Bertz CT molecular complexity index is 590. The number of carbonyl (C=O) groups is 2. The molecule has 2 rings (SSSR count). The molecule has 0 aliphatic carbocycles. The second-order valence-electron chi connectivity index (χ2n) is 5.07. The van der Waals surface area contributed by atoms with Crippen LogP contribution in [0.5, 0.6) is 0 Å². The zero-order valence-electron chi connectivity index (χ0n) is 11.6. The molecule has 1 fully saturated rings. The van der Waals surface area contributed by atoms with Crippen molar-refractivity contribution in [1.29, 1.82) is 0 Å². The first-order valence-electron chi connectivity index (χ1n) is 6.57. The van der Waals surface area contributed by atoms with Crippen molar-refractivity contribution < 1.29 is 14.7 Å². The van der Waals surface area contributed by atoms with Gasteiger partial charge >= 0.3 is 10.8 Å². The van der Waals surface area contributed by atoms with Gasteiger partial charge in [0.2, 0.25) is 5.91 Å². The number of aliphatic carboxylic acids is 1. The molecule has 2 heterocycles. The Labute approximate surface area is 120 Å². The van der Waals surface area contributed by atoms with Gasteiger partial charge in [0, 0.05) is 36.6 Å². The molecule has 1 saturated heterocycles. The monoisotopic (exact) mass is 298 g/mol. The van der Waals surface area contributed by atoms with Gasteiger partial charge < -0.3 is 14.6 Å². The minimum atomic E-state index is -0.846. The van der Waals surface area contributed by atoms with Crippen LogP contribution < -0.4 is 4.87 Å². The topological polar surface area (TPSA) is 79.6 Å². The van der Waals surface area contributed by atoms with Crippen LogP contribution in [0.2, 0.25) is 0 Å². The number of hydrogen-bond donors (Lipinski definition) is 1. The Morgan fingerprint density at radius 1 is 1.40 bits per heavy atom. The number of aryl methyl sites for hydroxylation is 1. The van der Waals surface area contributed by atoms with Crippen LogP contribution >= 0.6 is 11.3 Å². The fourth-order valence-electron chi connectivity index (χ4n) is 2.40. The van der Waals surface area contributed by atoms with Crippen molar-refractivity contribution in [3.05, 3.63) is 20.2 Å². The summed E-state index contributed by atoms with van der Waals surface area (Å²) in [6.45, 7) is 4.89. The fraction of sp³-hybridized carbons (Fsp3) is 0.615. The second-order valence-corrected chi connectivity index (χ2v) is 6.24. The van der Waals surface area contributed by atoms with Gasteiger partial charge in [0.25, 0.3) is 0 Å². The molecule has 1 aromatic heterocycles. The number of carboxylic acid groups (broad SMARTS) is 1. The van der Waals surface area contributed by atoms with Crippen molar-refractivity contribution in [2.24, 2.45) is 5.92 Å². The third-order valence-electron chi connectivity index (χ3n) is 3.81. The van der Waals surface area contributed by atoms with E-state index in [-0.39, 0.29) is 23.7 Å². The Hall–Kier alpha value is -1.63. The average Bonchev–Trinajstić information content (AvgIpc) is 2.95. The van der Waals surface area contributed by atoms with Gasteiger partial charge in [0.05, 0.1) is 5.92 Å². The lowest BCUT2D eigenvalue weighted by atomic mass is 10.1. The molecule has 1 atom stereocenters. The molecule has 0 saturated carbocycles. The zero-order valence-corrected chi connectivity index (χ0v) is 12.4. The van der Waals surface area contributed by atoms with Gasteiger partial charge in [-0.25, -0.2) is 0 Å². The van der Waals surface area contributed by atoms with E-state index in [2.05, 4.69) is 0 Å². The van der Waals surface area contributed by atoms with E-state index in [0.717, 1.165) is 10.6 Å². The molecule has 1 unspecified atom stereocenters. The van der Waals surface area contributed by atoms with Crippen LogP contribution in [0.25, 0.3) is 0 Å². The minimum Gasteiger partial charge on any atom is -0.481 e. The molecular weight excluding hydrogens is 280 g/mol. The molecule has 1 aromatic rings. The summed E-state index contributed by atoms with van der Waals surface area (Å²) in [5.41, 5.74) is 0.901. The Morgan fingerprint density at radius 2 is 2.10 bits per heavy atom. The number of thiazole rings is 1. The third kappa shape index (κ3) is 2.92. The molecular formula is C13H18N2O4S. The predicted molar refractivity (Wildman–Crippen MR) is 75.0 cm³/mol. The molecule has 0 radical (unpaired) electrons. The van der Waals surface area contributed by atoms with E-state index < -0.39 is 11.9 Å². The van der Waals surface area contributed by atoms with E-state index in [1.165, 1.54) is 11.3 Å². The van der Waals surface area contributed by atoms with E-state index in [1.807, 2.05) is 13.8 Å². The Balaban J connectivity index is 1.93. The lowest BCUT2D eigenvalue weighted by Gasteiger charge is -2.16. The van der Waals surface area contributed by atoms with Crippen LogP contribution in [0.1, 0.15) is 23.4 Å². The second kappa shape index (κ2) is 5.78. The number of carboxylic acids is 1. The van der Waals surface area contributed by atoms with E-state index in [4.69, 9.17) is 5.11 Å². The first-order valence-corrected chi connectivity index (χ1v) is 7.39. The molecule has 7 heteroatoms. The number of likely N-dealkylation sites (tertiary alicyclic amines) is 1. The molecule has 1 N–H and O–H groups in total. The normalized spacial score (nSPS) is 18.5. The lowest BCUT2D eigenvalue weighted by molar-refractivity contribution is -0.141. The van der Waals surface area contributed by atoms with Gasteiger partial charge in [-0.15, -0.1) is 0 Å². The van der Waals surface area contributed by atoms with Crippen molar-refractivity contribution in [1.82, 2.24) is 9.47 Å². The predicted octanol–water partition coefficient (Wildman–Crippen LogP) is 0.850. The number of nitrogens with zero attached hydrogens (tertiary/aromatic N) is 2. The largest absolute Gasteiger partial charge is 0.481 e. The van der Waals surface area contributed by atoms with Crippen LogP contribution in [0.3, 0.4) is 0 Å². The first-order chi connectivity index (χ1) is 9.40.